The molecule has 0 bridgehead atoms. The summed E-state index contributed by atoms with van der Waals surface area (Å²) in [6.45, 7) is 2.19. The maximum Gasteiger partial charge on any atom is 0.0395 e. The molecule has 0 aromatic heterocycles. The van der Waals surface area contributed by atoms with Crippen molar-refractivity contribution in [3.63, 3.8) is 0 Å². The van der Waals surface area contributed by atoms with E-state index in [0.29, 0.717) is 4.83 Å². The van der Waals surface area contributed by atoms with Gasteiger partial charge in [-0.15, -0.1) is 0 Å². The highest BCUT2D eigenvalue weighted by atomic mass is 79.9. The Hall–Kier alpha value is -1.08. The van der Waals surface area contributed by atoms with E-state index in [1.807, 2.05) is 0 Å². The van der Waals surface area contributed by atoms with Gasteiger partial charge in [-0.3, -0.25) is 0 Å². The summed E-state index contributed by atoms with van der Waals surface area (Å²) in [6, 6.07) is 19.3. The number of hydrogen-bond donors (Lipinski definition) is 0. The van der Waals surface area contributed by atoms with Crippen LogP contribution in [-0.4, -0.2) is 0 Å². The normalized spacial score (nSPS) is 12.3. The molecule has 1 unspecified atom stereocenters. The molecule has 0 saturated carbocycles. The van der Waals surface area contributed by atoms with Gasteiger partial charge in [-0.1, -0.05) is 70.5 Å². The second-order valence-corrected chi connectivity index (χ2v) is 5.80. The average molecular weight is 303 g/mol. The van der Waals surface area contributed by atoms with Crippen LogP contribution in [0.3, 0.4) is 0 Å². The lowest BCUT2D eigenvalue weighted by molar-refractivity contribution is 0.727. The maximum atomic E-state index is 3.78. The second-order valence-electron chi connectivity index (χ2n) is 4.70. The second kappa shape index (κ2) is 6.75. The van der Waals surface area contributed by atoms with E-state index < -0.39 is 0 Å². The van der Waals surface area contributed by atoms with Crippen molar-refractivity contribution in [3.8, 4) is 0 Å². The van der Waals surface area contributed by atoms with Gasteiger partial charge in [-0.2, -0.15) is 0 Å². The van der Waals surface area contributed by atoms with Crippen molar-refractivity contribution >= 4 is 15.9 Å². The summed E-state index contributed by atoms with van der Waals surface area (Å²) in [5.41, 5.74) is 4.26. The third-order valence-corrected chi connectivity index (χ3v) is 4.31. The molecule has 0 aliphatic carbocycles. The fourth-order valence-electron chi connectivity index (χ4n) is 2.19. The standard InChI is InChI=1S/C17H19Br/c1-14-8-5-6-9-15(14)12-7-13-17(18)16-10-3-2-4-11-16/h2-6,8-11,17H,7,12-13H2,1H3. The van der Waals surface area contributed by atoms with Gasteiger partial charge in [0.2, 0.25) is 0 Å². The van der Waals surface area contributed by atoms with Gasteiger partial charge in [0.1, 0.15) is 0 Å². The molecule has 2 aromatic rings. The highest BCUT2D eigenvalue weighted by molar-refractivity contribution is 9.09. The van der Waals surface area contributed by atoms with Crippen molar-refractivity contribution in [1.82, 2.24) is 0 Å². The van der Waals surface area contributed by atoms with Crippen LogP contribution < -0.4 is 0 Å². The third-order valence-electron chi connectivity index (χ3n) is 3.33. The van der Waals surface area contributed by atoms with E-state index in [0.717, 1.165) is 0 Å². The number of rotatable bonds is 5. The zero-order valence-corrected chi connectivity index (χ0v) is 12.4. The number of halogens is 1. The van der Waals surface area contributed by atoms with Crippen LogP contribution in [0.2, 0.25) is 0 Å². The van der Waals surface area contributed by atoms with Crippen LogP contribution in [0, 0.1) is 6.92 Å². The van der Waals surface area contributed by atoms with Gasteiger partial charge in [0.25, 0.3) is 0 Å². The summed E-state index contributed by atoms with van der Waals surface area (Å²) >= 11 is 3.78. The Labute approximate surface area is 118 Å². The van der Waals surface area contributed by atoms with Crippen molar-refractivity contribution in [3.05, 3.63) is 71.3 Å². The van der Waals surface area contributed by atoms with Crippen molar-refractivity contribution in [1.29, 1.82) is 0 Å². The van der Waals surface area contributed by atoms with Crippen LogP contribution in [0.25, 0.3) is 0 Å². The van der Waals surface area contributed by atoms with Gasteiger partial charge < -0.3 is 0 Å². The van der Waals surface area contributed by atoms with Crippen LogP contribution in [-0.2, 0) is 6.42 Å². The molecule has 0 amide bonds. The molecule has 0 aliphatic rings. The van der Waals surface area contributed by atoms with Crippen LogP contribution in [0.4, 0.5) is 0 Å². The van der Waals surface area contributed by atoms with Crippen LogP contribution >= 0.6 is 15.9 Å². The molecule has 18 heavy (non-hydrogen) atoms. The molecule has 0 aliphatic heterocycles. The molecule has 0 radical (unpaired) electrons. The molecule has 0 nitrogen and oxygen atoms in total. The fraction of sp³-hybridized carbons (Fsp3) is 0.294. The summed E-state index contributed by atoms with van der Waals surface area (Å²) in [5.74, 6) is 0. The highest BCUT2D eigenvalue weighted by Crippen LogP contribution is 2.28. The molecule has 1 heteroatoms. The summed E-state index contributed by atoms with van der Waals surface area (Å²) in [6.07, 6.45) is 3.57. The van der Waals surface area contributed by atoms with E-state index in [1.165, 1.54) is 36.0 Å². The zero-order valence-electron chi connectivity index (χ0n) is 10.8. The van der Waals surface area contributed by atoms with Crippen molar-refractivity contribution < 1.29 is 0 Å². The molecule has 1 atom stereocenters. The van der Waals surface area contributed by atoms with Gasteiger partial charge in [0.15, 0.2) is 0 Å². The summed E-state index contributed by atoms with van der Waals surface area (Å²) < 4.78 is 0. The molecule has 0 spiro atoms. The maximum absolute atomic E-state index is 3.78. The van der Waals surface area contributed by atoms with E-state index in [4.69, 9.17) is 0 Å². The first kappa shape index (κ1) is 13.4. The minimum atomic E-state index is 0.475. The van der Waals surface area contributed by atoms with Crippen molar-refractivity contribution in [2.45, 2.75) is 31.0 Å². The highest BCUT2D eigenvalue weighted by Gasteiger charge is 2.06. The quantitative estimate of drug-likeness (QED) is 0.644. The molecule has 0 saturated heterocycles. The Morgan fingerprint density at radius 1 is 0.944 bits per heavy atom. The summed E-state index contributed by atoms with van der Waals surface area (Å²) in [4.78, 5) is 0.475. The fourth-order valence-corrected chi connectivity index (χ4v) is 2.82. The van der Waals surface area contributed by atoms with Gasteiger partial charge >= 0.3 is 0 Å². The molecule has 0 heterocycles. The summed E-state index contributed by atoms with van der Waals surface area (Å²) in [5, 5.41) is 0. The predicted molar refractivity (Wildman–Crippen MR) is 82.2 cm³/mol. The lowest BCUT2D eigenvalue weighted by Gasteiger charge is -2.10. The Balaban J connectivity index is 1.84. The van der Waals surface area contributed by atoms with Gasteiger partial charge in [-0.25, -0.2) is 0 Å². The Kier molecular flexibility index (Phi) is 5.00. The van der Waals surface area contributed by atoms with Crippen molar-refractivity contribution in [2.24, 2.45) is 0 Å². The smallest absolute Gasteiger partial charge is 0.0395 e. The molecular weight excluding hydrogens is 284 g/mol. The Bertz CT molecular complexity index is 476. The molecule has 2 rings (SSSR count). The van der Waals surface area contributed by atoms with Gasteiger partial charge in [0, 0.05) is 4.83 Å². The Morgan fingerprint density at radius 2 is 1.61 bits per heavy atom. The van der Waals surface area contributed by atoms with E-state index in [1.54, 1.807) is 0 Å². The average Bonchev–Trinajstić information content (AvgIpc) is 2.42. The van der Waals surface area contributed by atoms with E-state index in [-0.39, 0.29) is 0 Å². The molecule has 94 valence electrons. The lowest BCUT2D eigenvalue weighted by Crippen LogP contribution is -1.94. The molecule has 2 aromatic carbocycles. The molecule has 0 fully saturated rings. The molecular formula is C17H19Br. The first-order valence-electron chi connectivity index (χ1n) is 6.51. The first-order chi connectivity index (χ1) is 8.77. The van der Waals surface area contributed by atoms with Crippen molar-refractivity contribution in [2.75, 3.05) is 0 Å². The number of benzene rings is 2. The van der Waals surface area contributed by atoms with Crippen LogP contribution in [0.15, 0.2) is 54.6 Å². The van der Waals surface area contributed by atoms with E-state index in [9.17, 15) is 0 Å². The first-order valence-corrected chi connectivity index (χ1v) is 7.42. The van der Waals surface area contributed by atoms with Crippen LogP contribution in [0.1, 0.15) is 34.4 Å². The lowest BCUT2D eigenvalue weighted by atomic mass is 10.0. The number of aryl methyl sites for hydroxylation is 2. The molecule has 0 N–H and O–H groups in total. The van der Waals surface area contributed by atoms with Gasteiger partial charge in [-0.05, 0) is 42.9 Å². The Morgan fingerprint density at radius 3 is 2.33 bits per heavy atom. The van der Waals surface area contributed by atoms with E-state index >= 15 is 0 Å². The largest absolute Gasteiger partial charge is 0.0839 e. The zero-order chi connectivity index (χ0) is 12.8. The van der Waals surface area contributed by atoms with Crippen LogP contribution in [0.5, 0.6) is 0 Å². The minimum absolute atomic E-state index is 0.475. The third kappa shape index (κ3) is 3.71. The monoisotopic (exact) mass is 302 g/mol. The van der Waals surface area contributed by atoms with Gasteiger partial charge in [0.05, 0.1) is 0 Å². The number of alkyl halides is 1. The minimum Gasteiger partial charge on any atom is -0.0839 e. The SMILES string of the molecule is Cc1ccccc1CCCC(Br)c1ccccc1. The summed E-state index contributed by atoms with van der Waals surface area (Å²) in [7, 11) is 0. The number of hydrogen-bond acceptors (Lipinski definition) is 0. The van der Waals surface area contributed by atoms with E-state index in [2.05, 4.69) is 77.5 Å². The predicted octanol–water partition coefficient (Wildman–Crippen LogP) is 5.45. The topological polar surface area (TPSA) is 0 Å².